The van der Waals surface area contributed by atoms with Crippen molar-refractivity contribution >= 4 is 23.4 Å². The minimum atomic E-state index is 0.591. The van der Waals surface area contributed by atoms with Crippen LogP contribution in [0, 0.1) is 5.92 Å². The van der Waals surface area contributed by atoms with Crippen LogP contribution in [0.2, 0.25) is 0 Å². The van der Waals surface area contributed by atoms with Crippen LogP contribution in [0.15, 0.2) is 30.3 Å². The molecular formula is C12H17ClOS. The van der Waals surface area contributed by atoms with E-state index < -0.39 is 0 Å². The van der Waals surface area contributed by atoms with Gasteiger partial charge in [-0.15, -0.1) is 11.6 Å². The van der Waals surface area contributed by atoms with Crippen molar-refractivity contribution in [2.24, 2.45) is 5.92 Å². The molecule has 15 heavy (non-hydrogen) atoms. The molecule has 0 radical (unpaired) electrons. The lowest BCUT2D eigenvalue weighted by molar-refractivity contribution is 0.344. The van der Waals surface area contributed by atoms with Crippen LogP contribution in [0.25, 0.3) is 0 Å². The molecule has 0 saturated heterocycles. The third-order valence-electron chi connectivity index (χ3n) is 1.91. The van der Waals surface area contributed by atoms with E-state index in [1.165, 1.54) is 0 Å². The highest BCUT2D eigenvalue weighted by atomic mass is 35.5. The molecule has 0 aliphatic rings. The second kappa shape index (κ2) is 7.89. The van der Waals surface area contributed by atoms with Crippen molar-refractivity contribution in [1.82, 2.24) is 0 Å². The molecule has 1 aromatic rings. The predicted octanol–water partition coefficient (Wildman–Crippen LogP) is 3.67. The van der Waals surface area contributed by atoms with Crippen LogP contribution in [0.5, 0.6) is 5.75 Å². The Kier molecular flexibility index (Phi) is 6.69. The Balaban J connectivity index is 2.03. The zero-order valence-corrected chi connectivity index (χ0v) is 10.6. The molecule has 0 aliphatic carbocycles. The van der Waals surface area contributed by atoms with Crippen LogP contribution >= 0.6 is 23.4 Å². The topological polar surface area (TPSA) is 9.23 Å². The highest BCUT2D eigenvalue weighted by Crippen LogP contribution is 2.11. The van der Waals surface area contributed by atoms with Gasteiger partial charge in [-0.3, -0.25) is 0 Å². The first-order valence-corrected chi connectivity index (χ1v) is 6.83. The van der Waals surface area contributed by atoms with Gasteiger partial charge >= 0.3 is 0 Å². The first-order chi connectivity index (χ1) is 7.33. The van der Waals surface area contributed by atoms with Crippen molar-refractivity contribution in [1.29, 1.82) is 0 Å². The molecule has 1 rings (SSSR count). The lowest BCUT2D eigenvalue weighted by atomic mass is 10.3. The molecule has 3 heteroatoms. The van der Waals surface area contributed by atoms with Gasteiger partial charge in [0.1, 0.15) is 5.75 Å². The number of thioether (sulfide) groups is 1. The summed E-state index contributed by atoms with van der Waals surface area (Å²) in [4.78, 5) is 0. The Morgan fingerprint density at radius 1 is 1.33 bits per heavy atom. The van der Waals surface area contributed by atoms with E-state index in [-0.39, 0.29) is 0 Å². The molecule has 1 nitrogen and oxygen atoms in total. The Labute approximate surface area is 101 Å². The predicted molar refractivity (Wildman–Crippen MR) is 69.1 cm³/mol. The number of benzene rings is 1. The van der Waals surface area contributed by atoms with Crippen molar-refractivity contribution in [3.8, 4) is 5.75 Å². The maximum Gasteiger partial charge on any atom is 0.119 e. The van der Waals surface area contributed by atoms with Gasteiger partial charge in [-0.05, 0) is 23.8 Å². The second-order valence-corrected chi connectivity index (χ2v) is 4.95. The van der Waals surface area contributed by atoms with E-state index in [1.807, 2.05) is 42.1 Å². The van der Waals surface area contributed by atoms with Crippen molar-refractivity contribution in [2.45, 2.75) is 6.92 Å². The van der Waals surface area contributed by atoms with E-state index in [1.54, 1.807) is 0 Å². The number of ether oxygens (including phenoxy) is 1. The minimum Gasteiger partial charge on any atom is -0.493 e. The third kappa shape index (κ3) is 5.95. The molecule has 1 aromatic carbocycles. The van der Waals surface area contributed by atoms with Gasteiger partial charge in [0.15, 0.2) is 0 Å². The Morgan fingerprint density at radius 2 is 2.07 bits per heavy atom. The number of alkyl halides is 1. The summed E-state index contributed by atoms with van der Waals surface area (Å²) in [6, 6.07) is 9.91. The van der Waals surface area contributed by atoms with Crippen LogP contribution < -0.4 is 4.74 Å². The zero-order valence-electron chi connectivity index (χ0n) is 8.99. The molecule has 0 saturated carbocycles. The molecule has 1 unspecified atom stereocenters. The average Bonchev–Trinajstić information content (AvgIpc) is 2.29. The highest BCUT2D eigenvalue weighted by Gasteiger charge is 1.99. The van der Waals surface area contributed by atoms with Crippen molar-refractivity contribution < 1.29 is 4.74 Å². The summed E-state index contributed by atoms with van der Waals surface area (Å²) in [5, 5.41) is 0. The fraction of sp³-hybridized carbons (Fsp3) is 0.500. The quantitative estimate of drug-likeness (QED) is 0.535. The zero-order chi connectivity index (χ0) is 10.9. The smallest absolute Gasteiger partial charge is 0.119 e. The molecule has 0 aromatic heterocycles. The molecule has 0 spiro atoms. The van der Waals surface area contributed by atoms with Crippen molar-refractivity contribution in [2.75, 3.05) is 24.0 Å². The lowest BCUT2D eigenvalue weighted by Gasteiger charge is -2.08. The molecule has 1 atom stereocenters. The minimum absolute atomic E-state index is 0.591. The Bertz CT molecular complexity index is 253. The van der Waals surface area contributed by atoms with Gasteiger partial charge in [-0.2, -0.15) is 11.8 Å². The number of para-hydroxylation sites is 1. The normalized spacial score (nSPS) is 12.4. The third-order valence-corrected chi connectivity index (χ3v) is 3.69. The van der Waals surface area contributed by atoms with Gasteiger partial charge in [0, 0.05) is 11.6 Å². The summed E-state index contributed by atoms with van der Waals surface area (Å²) in [6.07, 6.45) is 0. The SMILES string of the molecule is CC(CCl)CSCCOc1ccccc1. The van der Waals surface area contributed by atoms with Gasteiger partial charge in [0.25, 0.3) is 0 Å². The molecule has 0 amide bonds. The van der Waals surface area contributed by atoms with E-state index in [2.05, 4.69) is 6.92 Å². The van der Waals surface area contributed by atoms with E-state index in [0.29, 0.717) is 5.92 Å². The number of hydrogen-bond donors (Lipinski definition) is 0. The summed E-state index contributed by atoms with van der Waals surface area (Å²) < 4.78 is 5.57. The van der Waals surface area contributed by atoms with Gasteiger partial charge < -0.3 is 4.74 Å². The second-order valence-electron chi connectivity index (χ2n) is 3.50. The van der Waals surface area contributed by atoms with Gasteiger partial charge in [-0.25, -0.2) is 0 Å². The lowest BCUT2D eigenvalue weighted by Crippen LogP contribution is -2.04. The van der Waals surface area contributed by atoms with Crippen molar-refractivity contribution in [3.05, 3.63) is 30.3 Å². The van der Waals surface area contributed by atoms with Crippen LogP contribution in [0.3, 0.4) is 0 Å². The Hall–Kier alpha value is -0.340. The summed E-state index contributed by atoms with van der Waals surface area (Å²) in [5.74, 6) is 4.42. The monoisotopic (exact) mass is 244 g/mol. The summed E-state index contributed by atoms with van der Waals surface area (Å²) in [6.45, 7) is 2.93. The molecule has 0 aliphatic heterocycles. The number of halogens is 1. The number of hydrogen-bond acceptors (Lipinski definition) is 2. The standard InChI is InChI=1S/C12H17ClOS/c1-11(9-13)10-15-8-7-14-12-5-3-2-4-6-12/h2-6,11H,7-10H2,1H3. The highest BCUT2D eigenvalue weighted by molar-refractivity contribution is 7.99. The van der Waals surface area contributed by atoms with E-state index in [9.17, 15) is 0 Å². The summed E-state index contributed by atoms with van der Waals surface area (Å²) >= 11 is 7.61. The summed E-state index contributed by atoms with van der Waals surface area (Å²) in [7, 11) is 0. The number of rotatable bonds is 7. The fourth-order valence-corrected chi connectivity index (χ4v) is 2.19. The van der Waals surface area contributed by atoms with E-state index >= 15 is 0 Å². The maximum atomic E-state index is 5.72. The molecule has 0 fully saturated rings. The first kappa shape index (κ1) is 12.7. The van der Waals surface area contributed by atoms with E-state index in [4.69, 9.17) is 16.3 Å². The maximum absolute atomic E-state index is 5.72. The van der Waals surface area contributed by atoms with Crippen LogP contribution in [-0.2, 0) is 0 Å². The average molecular weight is 245 g/mol. The first-order valence-electron chi connectivity index (χ1n) is 5.14. The molecular weight excluding hydrogens is 228 g/mol. The van der Waals surface area contributed by atoms with Crippen molar-refractivity contribution in [3.63, 3.8) is 0 Å². The Morgan fingerprint density at radius 3 is 2.73 bits per heavy atom. The fourth-order valence-electron chi connectivity index (χ4n) is 1.06. The largest absolute Gasteiger partial charge is 0.493 e. The molecule has 0 heterocycles. The van der Waals surface area contributed by atoms with Gasteiger partial charge in [0.2, 0.25) is 0 Å². The molecule has 84 valence electrons. The van der Waals surface area contributed by atoms with Gasteiger partial charge in [0.05, 0.1) is 6.61 Å². The van der Waals surface area contributed by atoms with E-state index in [0.717, 1.165) is 29.7 Å². The van der Waals surface area contributed by atoms with Crippen LogP contribution in [-0.4, -0.2) is 24.0 Å². The van der Waals surface area contributed by atoms with Gasteiger partial charge in [-0.1, -0.05) is 25.1 Å². The molecule has 0 bridgehead atoms. The summed E-state index contributed by atoms with van der Waals surface area (Å²) in [5.41, 5.74) is 0. The van der Waals surface area contributed by atoms with Crippen LogP contribution in [0.4, 0.5) is 0 Å². The van der Waals surface area contributed by atoms with Crippen LogP contribution in [0.1, 0.15) is 6.92 Å². The molecule has 0 N–H and O–H groups in total.